The predicted octanol–water partition coefficient (Wildman–Crippen LogP) is 5.85. The molecule has 4 aromatic rings. The Bertz CT molecular complexity index is 1330. The number of ether oxygens (including phenoxy) is 1. The third-order valence-electron chi connectivity index (χ3n) is 7.27. The summed E-state index contributed by atoms with van der Waals surface area (Å²) in [5.74, 6) is -0.241. The van der Waals surface area contributed by atoms with Crippen LogP contribution in [0, 0.1) is 11.6 Å². The summed E-state index contributed by atoms with van der Waals surface area (Å²) in [6, 6.07) is 22.2. The lowest BCUT2D eigenvalue weighted by molar-refractivity contribution is 0.0468. The molecule has 0 N–H and O–H groups in total. The van der Waals surface area contributed by atoms with E-state index < -0.39 is 5.97 Å². The Balaban J connectivity index is 1.15. The molecule has 2 aromatic carbocycles. The van der Waals surface area contributed by atoms with E-state index in [9.17, 15) is 13.6 Å². The maximum absolute atomic E-state index is 13.5. The average Bonchev–Trinajstić information content (AvgIpc) is 3.00. The minimum absolute atomic E-state index is 0.0654. The molecule has 0 spiro atoms. The first-order chi connectivity index (χ1) is 19.6. The third kappa shape index (κ3) is 7.07. The lowest BCUT2D eigenvalue weighted by Crippen LogP contribution is -2.47. The molecule has 206 valence electrons. The normalized spacial score (nSPS) is 13.9. The van der Waals surface area contributed by atoms with Gasteiger partial charge in [-0.25, -0.2) is 18.6 Å². The number of esters is 1. The second-order valence-corrected chi connectivity index (χ2v) is 9.90. The Kier molecular flexibility index (Phi) is 9.08. The van der Waals surface area contributed by atoms with E-state index >= 15 is 0 Å². The average molecular weight is 543 g/mol. The van der Waals surface area contributed by atoms with Crippen LogP contribution < -0.4 is 4.90 Å². The van der Waals surface area contributed by atoms with E-state index in [1.807, 2.05) is 42.5 Å². The number of anilines is 1. The fourth-order valence-electron chi connectivity index (χ4n) is 5.13. The van der Waals surface area contributed by atoms with Crippen molar-refractivity contribution in [3.63, 3.8) is 0 Å². The first-order valence-corrected chi connectivity index (χ1v) is 13.6. The summed E-state index contributed by atoms with van der Waals surface area (Å²) in [5, 5.41) is 0. The maximum Gasteiger partial charge on any atom is 0.342 e. The predicted molar refractivity (Wildman–Crippen MR) is 150 cm³/mol. The molecule has 1 aliphatic heterocycles. The van der Waals surface area contributed by atoms with Crippen LogP contribution in [0.5, 0.6) is 0 Å². The monoisotopic (exact) mass is 542 g/mol. The molecular weight excluding hydrogens is 510 g/mol. The summed E-state index contributed by atoms with van der Waals surface area (Å²) in [6.45, 7) is 4.20. The number of nitrogens with zero attached hydrogens (tertiary/aromatic N) is 4. The first kappa shape index (κ1) is 27.4. The molecule has 0 saturated carbocycles. The second kappa shape index (κ2) is 13.3. The molecule has 1 saturated heterocycles. The molecule has 2 aromatic heterocycles. The van der Waals surface area contributed by atoms with E-state index in [2.05, 4.69) is 19.8 Å². The van der Waals surface area contributed by atoms with E-state index in [0.29, 0.717) is 17.1 Å². The summed E-state index contributed by atoms with van der Waals surface area (Å²) < 4.78 is 32.6. The lowest BCUT2D eigenvalue weighted by Gasteiger charge is -2.36. The minimum Gasteiger partial charge on any atom is -0.455 e. The van der Waals surface area contributed by atoms with Crippen molar-refractivity contribution in [3.8, 4) is 0 Å². The molecule has 5 rings (SSSR count). The molecule has 6 nitrogen and oxygen atoms in total. The van der Waals surface area contributed by atoms with E-state index in [-0.39, 0.29) is 24.2 Å². The van der Waals surface area contributed by atoms with Crippen LogP contribution in [0.1, 0.15) is 45.9 Å². The summed E-state index contributed by atoms with van der Waals surface area (Å²) in [6.07, 6.45) is 5.17. The topological polar surface area (TPSA) is 58.6 Å². The molecule has 1 aliphatic rings. The Morgan fingerprint density at radius 2 is 1.45 bits per heavy atom. The van der Waals surface area contributed by atoms with Crippen LogP contribution in [0.4, 0.5) is 14.6 Å². The van der Waals surface area contributed by atoms with Crippen LogP contribution in [-0.2, 0) is 11.3 Å². The number of aromatic nitrogens is 2. The molecule has 0 unspecified atom stereocenters. The van der Waals surface area contributed by atoms with E-state index in [1.165, 1.54) is 24.3 Å². The van der Waals surface area contributed by atoms with Crippen LogP contribution in [0.3, 0.4) is 0 Å². The zero-order chi connectivity index (χ0) is 27.7. The number of carbonyl (C=O) groups is 1. The standard InChI is InChI=1S/C32H32F2N4O2/c33-26-12-8-24(9-13-26)29(25-10-14-27(34)15-11-25)7-4-18-37-19-21-38(22-20-37)31-30(6-3-17-36-31)32(39)40-23-28-5-1-2-16-35-28/h1-3,5-6,8-17,29H,4,7,18-23H2. The molecule has 0 bridgehead atoms. The van der Waals surface area contributed by atoms with Crippen molar-refractivity contribution in [2.45, 2.75) is 25.4 Å². The first-order valence-electron chi connectivity index (χ1n) is 13.6. The second-order valence-electron chi connectivity index (χ2n) is 9.90. The number of halogens is 2. The summed E-state index contributed by atoms with van der Waals surface area (Å²) in [4.78, 5) is 26.1. The van der Waals surface area contributed by atoms with Crippen LogP contribution in [0.25, 0.3) is 0 Å². The summed E-state index contributed by atoms with van der Waals surface area (Å²) in [7, 11) is 0. The van der Waals surface area contributed by atoms with Gasteiger partial charge in [-0.1, -0.05) is 30.3 Å². The quantitative estimate of drug-likeness (QED) is 0.235. The van der Waals surface area contributed by atoms with Gasteiger partial charge in [-0.3, -0.25) is 9.88 Å². The van der Waals surface area contributed by atoms with Crippen molar-refractivity contribution in [2.75, 3.05) is 37.6 Å². The van der Waals surface area contributed by atoms with Crippen LogP contribution >= 0.6 is 0 Å². The number of rotatable bonds is 10. The minimum atomic E-state index is -0.413. The molecule has 3 heterocycles. The molecular formula is C32H32F2N4O2. The molecule has 8 heteroatoms. The Morgan fingerprint density at radius 1 is 0.800 bits per heavy atom. The molecule has 0 aliphatic carbocycles. The third-order valence-corrected chi connectivity index (χ3v) is 7.27. The highest BCUT2D eigenvalue weighted by Gasteiger charge is 2.24. The Hall–Kier alpha value is -4.17. The Labute approximate surface area is 233 Å². The van der Waals surface area contributed by atoms with Gasteiger partial charge < -0.3 is 9.64 Å². The number of benzene rings is 2. The van der Waals surface area contributed by atoms with Gasteiger partial charge in [-0.15, -0.1) is 0 Å². The van der Waals surface area contributed by atoms with Crippen molar-refractivity contribution in [2.24, 2.45) is 0 Å². The van der Waals surface area contributed by atoms with Crippen molar-refractivity contribution in [1.29, 1.82) is 0 Å². The van der Waals surface area contributed by atoms with E-state index in [0.717, 1.165) is 56.7 Å². The van der Waals surface area contributed by atoms with Crippen molar-refractivity contribution in [1.82, 2.24) is 14.9 Å². The number of carbonyl (C=O) groups excluding carboxylic acids is 1. The SMILES string of the molecule is O=C(OCc1ccccn1)c1cccnc1N1CCN(CCCC(c2ccc(F)cc2)c2ccc(F)cc2)CC1. The van der Waals surface area contributed by atoms with Gasteiger partial charge in [0.15, 0.2) is 0 Å². The van der Waals surface area contributed by atoms with Gasteiger partial charge in [-0.2, -0.15) is 0 Å². The molecule has 0 atom stereocenters. The molecule has 0 radical (unpaired) electrons. The number of hydrogen-bond acceptors (Lipinski definition) is 6. The van der Waals surface area contributed by atoms with Crippen molar-refractivity contribution >= 4 is 11.8 Å². The molecule has 40 heavy (non-hydrogen) atoms. The zero-order valence-corrected chi connectivity index (χ0v) is 22.3. The van der Waals surface area contributed by atoms with Crippen LogP contribution in [-0.4, -0.2) is 53.6 Å². The van der Waals surface area contributed by atoms with Gasteiger partial charge in [-0.05, 0) is 79.0 Å². The van der Waals surface area contributed by atoms with E-state index in [1.54, 1.807) is 24.5 Å². The van der Waals surface area contributed by atoms with Gasteiger partial charge >= 0.3 is 5.97 Å². The van der Waals surface area contributed by atoms with Gasteiger partial charge in [0.1, 0.15) is 29.6 Å². The molecule has 1 fully saturated rings. The smallest absolute Gasteiger partial charge is 0.342 e. The van der Waals surface area contributed by atoms with Crippen molar-refractivity contribution in [3.05, 3.63) is 125 Å². The van der Waals surface area contributed by atoms with Crippen LogP contribution in [0.15, 0.2) is 91.3 Å². The fraction of sp³-hybridized carbons (Fsp3) is 0.281. The molecule has 0 amide bonds. The van der Waals surface area contributed by atoms with Gasteiger partial charge in [0.2, 0.25) is 0 Å². The Morgan fingerprint density at radius 3 is 2.08 bits per heavy atom. The summed E-state index contributed by atoms with van der Waals surface area (Å²) in [5.41, 5.74) is 3.19. The highest BCUT2D eigenvalue weighted by molar-refractivity contribution is 5.94. The number of pyridine rings is 2. The number of piperazine rings is 1. The van der Waals surface area contributed by atoms with Gasteiger partial charge in [0.25, 0.3) is 0 Å². The zero-order valence-electron chi connectivity index (χ0n) is 22.3. The van der Waals surface area contributed by atoms with Crippen molar-refractivity contribution < 1.29 is 18.3 Å². The maximum atomic E-state index is 13.5. The van der Waals surface area contributed by atoms with Gasteiger partial charge in [0, 0.05) is 44.5 Å². The van der Waals surface area contributed by atoms with E-state index in [4.69, 9.17) is 4.74 Å². The highest BCUT2D eigenvalue weighted by Crippen LogP contribution is 2.30. The lowest BCUT2D eigenvalue weighted by atomic mass is 9.87. The largest absolute Gasteiger partial charge is 0.455 e. The fourth-order valence-corrected chi connectivity index (χ4v) is 5.13. The summed E-state index contributed by atoms with van der Waals surface area (Å²) >= 11 is 0. The highest BCUT2D eigenvalue weighted by atomic mass is 19.1. The number of hydrogen-bond donors (Lipinski definition) is 0. The van der Waals surface area contributed by atoms with Crippen LogP contribution in [0.2, 0.25) is 0 Å². The van der Waals surface area contributed by atoms with Gasteiger partial charge in [0.05, 0.1) is 5.69 Å².